The Kier molecular flexibility index (Phi) is 8.28. The van der Waals surface area contributed by atoms with Crippen LogP contribution >= 0.6 is 11.6 Å². The molecule has 1 N–H and O–H groups in total. The lowest BCUT2D eigenvalue weighted by atomic mass is 9.74. The fourth-order valence-corrected chi connectivity index (χ4v) is 5.55. The first-order valence-corrected chi connectivity index (χ1v) is 13.1. The van der Waals surface area contributed by atoms with Crippen LogP contribution in [0.1, 0.15) is 48.0 Å². The number of nitrogens with zero attached hydrogens (tertiary/aromatic N) is 2. The van der Waals surface area contributed by atoms with E-state index in [9.17, 15) is 27.9 Å². The number of halogens is 4. The molecule has 0 radical (unpaired) electrons. The molecule has 0 spiro atoms. The van der Waals surface area contributed by atoms with Crippen molar-refractivity contribution >= 4 is 23.4 Å². The minimum atomic E-state index is -5.13. The van der Waals surface area contributed by atoms with Crippen molar-refractivity contribution in [3.63, 3.8) is 0 Å². The molecular weight excluding hydrogens is 521 g/mol. The molecule has 206 valence electrons. The van der Waals surface area contributed by atoms with Crippen LogP contribution in [0, 0.1) is 11.8 Å². The third-order valence-electron chi connectivity index (χ3n) is 7.55. The second-order valence-electron chi connectivity index (χ2n) is 10.5. The number of benzene rings is 2. The highest BCUT2D eigenvalue weighted by molar-refractivity contribution is 6.34. The molecule has 0 unspecified atom stereocenters. The molecule has 1 saturated carbocycles. The fourth-order valence-electron chi connectivity index (χ4n) is 5.30. The van der Waals surface area contributed by atoms with Gasteiger partial charge in [-0.25, -0.2) is 0 Å². The van der Waals surface area contributed by atoms with Crippen LogP contribution in [0.25, 0.3) is 0 Å². The van der Waals surface area contributed by atoms with Gasteiger partial charge < -0.3 is 19.6 Å². The SMILES string of the molecule is CN(C)C(=O)c1ccc(O[C@H]2C[C@@H](CC3CCN(C(=O)[C@](O)(c4ccccc4)C(F)(F)F)CC3)C2)cc1Cl. The van der Waals surface area contributed by atoms with Crippen molar-refractivity contribution in [2.45, 2.75) is 50.0 Å². The summed E-state index contributed by atoms with van der Waals surface area (Å²) in [4.78, 5) is 27.6. The van der Waals surface area contributed by atoms with Crippen molar-refractivity contribution in [3.05, 3.63) is 64.7 Å². The van der Waals surface area contributed by atoms with E-state index in [0.717, 1.165) is 36.3 Å². The lowest BCUT2D eigenvalue weighted by Gasteiger charge is -2.41. The number of alkyl halides is 3. The summed E-state index contributed by atoms with van der Waals surface area (Å²) < 4.78 is 47.6. The highest BCUT2D eigenvalue weighted by Crippen LogP contribution is 2.42. The predicted molar refractivity (Wildman–Crippen MR) is 137 cm³/mol. The van der Waals surface area contributed by atoms with Crippen molar-refractivity contribution in [1.82, 2.24) is 9.80 Å². The molecule has 1 aliphatic heterocycles. The summed E-state index contributed by atoms with van der Waals surface area (Å²) in [6.45, 7) is 0.357. The van der Waals surface area contributed by atoms with E-state index in [2.05, 4.69) is 0 Å². The monoisotopic (exact) mass is 552 g/mol. The Morgan fingerprint density at radius 3 is 2.24 bits per heavy atom. The highest BCUT2D eigenvalue weighted by atomic mass is 35.5. The minimum Gasteiger partial charge on any atom is -0.490 e. The molecule has 2 fully saturated rings. The van der Waals surface area contributed by atoms with Crippen molar-refractivity contribution in [2.75, 3.05) is 27.2 Å². The minimum absolute atomic E-state index is 0.0424. The zero-order chi connectivity index (χ0) is 27.7. The number of likely N-dealkylation sites (tertiary alicyclic amines) is 1. The number of ether oxygens (including phenoxy) is 1. The Morgan fingerprint density at radius 1 is 1.05 bits per heavy atom. The number of carbonyl (C=O) groups is 2. The molecule has 1 heterocycles. The Bertz CT molecular complexity index is 1150. The van der Waals surface area contributed by atoms with Crippen molar-refractivity contribution in [3.8, 4) is 5.75 Å². The van der Waals surface area contributed by atoms with E-state index < -0.39 is 23.2 Å². The van der Waals surface area contributed by atoms with Gasteiger partial charge in [-0.2, -0.15) is 13.2 Å². The molecule has 2 aromatic rings. The second-order valence-corrected chi connectivity index (χ2v) is 10.9. The van der Waals surface area contributed by atoms with Crippen LogP contribution in [-0.2, 0) is 10.4 Å². The average Bonchev–Trinajstić information content (AvgIpc) is 2.86. The number of aliphatic hydroxyl groups is 1. The maximum Gasteiger partial charge on any atom is 0.430 e. The maximum atomic E-state index is 13.9. The van der Waals surface area contributed by atoms with Gasteiger partial charge in [0, 0.05) is 32.7 Å². The Hall–Kier alpha value is -2.78. The van der Waals surface area contributed by atoms with Crippen LogP contribution in [-0.4, -0.2) is 66.2 Å². The maximum absolute atomic E-state index is 13.9. The molecule has 0 aromatic heterocycles. The third-order valence-corrected chi connectivity index (χ3v) is 7.86. The molecular formula is C28H32ClF3N2O4. The van der Waals surface area contributed by atoms with Crippen LogP contribution in [0.5, 0.6) is 5.75 Å². The Morgan fingerprint density at radius 2 is 1.68 bits per heavy atom. The second kappa shape index (κ2) is 11.1. The topological polar surface area (TPSA) is 70.1 Å². The van der Waals surface area contributed by atoms with Crippen LogP contribution in [0.2, 0.25) is 5.02 Å². The number of hydrogen-bond acceptors (Lipinski definition) is 4. The summed E-state index contributed by atoms with van der Waals surface area (Å²) in [5.74, 6) is -0.152. The number of amides is 2. The van der Waals surface area contributed by atoms with Gasteiger partial charge in [0.05, 0.1) is 16.7 Å². The van der Waals surface area contributed by atoms with E-state index >= 15 is 0 Å². The lowest BCUT2D eigenvalue weighted by molar-refractivity contribution is -0.262. The zero-order valence-electron chi connectivity index (χ0n) is 21.4. The molecule has 4 rings (SSSR count). The summed E-state index contributed by atoms with van der Waals surface area (Å²) in [5, 5.41) is 10.9. The summed E-state index contributed by atoms with van der Waals surface area (Å²) in [5.41, 5.74) is -3.61. The molecule has 6 nitrogen and oxygen atoms in total. The first-order valence-electron chi connectivity index (χ1n) is 12.7. The number of piperidine rings is 1. The van der Waals surface area contributed by atoms with E-state index in [1.165, 1.54) is 23.1 Å². The quantitative estimate of drug-likeness (QED) is 0.507. The average molecular weight is 553 g/mol. The first-order chi connectivity index (χ1) is 17.9. The van der Waals surface area contributed by atoms with E-state index in [-0.39, 0.29) is 25.1 Å². The van der Waals surface area contributed by atoms with E-state index in [1.807, 2.05) is 0 Å². The van der Waals surface area contributed by atoms with Gasteiger partial charge in [-0.15, -0.1) is 0 Å². The Balaban J connectivity index is 1.25. The smallest absolute Gasteiger partial charge is 0.430 e. The Labute approximate surface area is 225 Å². The normalized spacial score (nSPS) is 21.8. The molecule has 0 bridgehead atoms. The molecule has 1 atom stereocenters. The zero-order valence-corrected chi connectivity index (χ0v) is 22.1. The molecule has 2 aliphatic rings. The summed E-state index contributed by atoms with van der Waals surface area (Å²) in [6, 6.07) is 11.6. The van der Waals surface area contributed by atoms with Gasteiger partial charge in [0.2, 0.25) is 0 Å². The summed E-state index contributed by atoms with van der Waals surface area (Å²) in [7, 11) is 3.32. The van der Waals surface area contributed by atoms with Gasteiger partial charge in [0.15, 0.2) is 0 Å². The molecule has 38 heavy (non-hydrogen) atoms. The summed E-state index contributed by atoms with van der Waals surface area (Å²) >= 11 is 6.26. The number of hydrogen-bond donors (Lipinski definition) is 1. The molecule has 10 heteroatoms. The van der Waals surface area contributed by atoms with E-state index in [1.54, 1.807) is 32.3 Å². The fraction of sp³-hybridized carbons (Fsp3) is 0.500. The molecule has 2 amide bonds. The van der Waals surface area contributed by atoms with Gasteiger partial charge in [-0.05, 0) is 62.1 Å². The van der Waals surface area contributed by atoms with Crippen molar-refractivity contribution < 1.29 is 32.6 Å². The third kappa shape index (κ3) is 5.78. The van der Waals surface area contributed by atoms with Gasteiger partial charge in [0.1, 0.15) is 5.75 Å². The van der Waals surface area contributed by atoms with Gasteiger partial charge in [0.25, 0.3) is 17.4 Å². The lowest BCUT2D eigenvalue weighted by Crippen LogP contribution is -2.57. The van der Waals surface area contributed by atoms with Gasteiger partial charge >= 0.3 is 6.18 Å². The van der Waals surface area contributed by atoms with Crippen LogP contribution < -0.4 is 4.74 Å². The standard InChI is InChI=1S/C28H32ClF3N2O4/c1-33(2)25(35)23-9-8-21(17-24(23)29)38-22-15-19(16-22)14-18-10-12-34(13-11-18)26(36)27(37,28(30,31)32)20-6-4-3-5-7-20/h3-9,17-19,22,37H,10-16H2,1-2H3/t19-,22+,27-/m1/s1. The molecule has 1 aliphatic carbocycles. The first kappa shape index (κ1) is 28.2. The summed E-state index contributed by atoms with van der Waals surface area (Å²) in [6.07, 6.45) is -1.27. The van der Waals surface area contributed by atoms with E-state index in [4.69, 9.17) is 16.3 Å². The van der Waals surface area contributed by atoms with Crippen LogP contribution in [0.3, 0.4) is 0 Å². The number of rotatable bonds is 7. The van der Waals surface area contributed by atoms with Crippen LogP contribution in [0.15, 0.2) is 48.5 Å². The van der Waals surface area contributed by atoms with Crippen molar-refractivity contribution in [1.29, 1.82) is 0 Å². The predicted octanol–water partition coefficient (Wildman–Crippen LogP) is 5.28. The van der Waals surface area contributed by atoms with Crippen LogP contribution in [0.4, 0.5) is 13.2 Å². The highest BCUT2D eigenvalue weighted by Gasteiger charge is 2.62. The van der Waals surface area contributed by atoms with Crippen molar-refractivity contribution in [2.24, 2.45) is 11.8 Å². The number of carbonyl (C=O) groups excluding carboxylic acids is 2. The molecule has 1 saturated heterocycles. The largest absolute Gasteiger partial charge is 0.490 e. The molecule has 2 aromatic carbocycles. The van der Waals surface area contributed by atoms with Gasteiger partial charge in [-0.3, -0.25) is 9.59 Å². The van der Waals surface area contributed by atoms with Gasteiger partial charge in [-0.1, -0.05) is 41.9 Å². The van der Waals surface area contributed by atoms with E-state index in [0.29, 0.717) is 41.0 Å².